The number of hydrogen-bond acceptors (Lipinski definition) is 2. The zero-order valence-electron chi connectivity index (χ0n) is 8.33. The molecule has 2 fully saturated rings. The fourth-order valence-electron chi connectivity index (χ4n) is 1.73. The maximum Gasteiger partial charge on any atom is 0.220 e. The summed E-state index contributed by atoms with van der Waals surface area (Å²) in [5.74, 6) is 1.50. The molecule has 1 aliphatic carbocycles. The largest absolute Gasteiger partial charge is 0.387 e. The molecule has 1 atom stereocenters. The van der Waals surface area contributed by atoms with E-state index in [1.54, 1.807) is 0 Å². The van der Waals surface area contributed by atoms with Crippen LogP contribution in [0.2, 0.25) is 0 Å². The average Bonchev–Trinajstić information content (AvgIpc) is 2.94. The van der Waals surface area contributed by atoms with Gasteiger partial charge in [-0.25, -0.2) is 0 Å². The van der Waals surface area contributed by atoms with Crippen LogP contribution in [0.1, 0.15) is 32.1 Å². The molecule has 1 amide bonds. The molecule has 0 spiro atoms. The number of carbonyl (C=O) groups is 1. The number of amidine groups is 1. The molecule has 1 aliphatic heterocycles. The highest BCUT2D eigenvalue weighted by Gasteiger charge is 2.26. The average molecular weight is 195 g/mol. The minimum absolute atomic E-state index is 0.146. The van der Waals surface area contributed by atoms with Gasteiger partial charge in [0.2, 0.25) is 5.91 Å². The standard InChI is InChI=1S/C10H17N3O/c11-10(7-1-2-7)13-8-3-4-9(14)12-6-5-8/h7-8H,1-6H2,(H2,11,13)(H,12,14). The van der Waals surface area contributed by atoms with Crippen LogP contribution in [0.25, 0.3) is 0 Å². The van der Waals surface area contributed by atoms with Crippen LogP contribution in [0, 0.1) is 5.92 Å². The molecule has 2 aliphatic rings. The molecule has 4 nitrogen and oxygen atoms in total. The first-order chi connectivity index (χ1) is 6.75. The van der Waals surface area contributed by atoms with E-state index in [0.717, 1.165) is 25.2 Å². The second-order valence-corrected chi connectivity index (χ2v) is 4.16. The summed E-state index contributed by atoms with van der Waals surface area (Å²) < 4.78 is 0. The fraction of sp³-hybridized carbons (Fsp3) is 0.800. The normalized spacial score (nSPS) is 29.6. The van der Waals surface area contributed by atoms with Gasteiger partial charge in [0.15, 0.2) is 0 Å². The third-order valence-electron chi connectivity index (χ3n) is 2.83. The van der Waals surface area contributed by atoms with Crippen molar-refractivity contribution < 1.29 is 4.79 Å². The van der Waals surface area contributed by atoms with Crippen LogP contribution in [0.4, 0.5) is 0 Å². The summed E-state index contributed by atoms with van der Waals surface area (Å²) in [6.07, 6.45) is 4.75. The Morgan fingerprint density at radius 2 is 2.14 bits per heavy atom. The zero-order valence-corrected chi connectivity index (χ0v) is 8.33. The molecule has 0 radical (unpaired) electrons. The quantitative estimate of drug-likeness (QED) is 0.495. The van der Waals surface area contributed by atoms with Gasteiger partial charge in [-0.15, -0.1) is 0 Å². The predicted molar refractivity (Wildman–Crippen MR) is 55.0 cm³/mol. The molecule has 14 heavy (non-hydrogen) atoms. The van der Waals surface area contributed by atoms with Gasteiger partial charge in [0.05, 0.1) is 11.9 Å². The Hall–Kier alpha value is -1.06. The minimum Gasteiger partial charge on any atom is -0.387 e. The molecular formula is C10H17N3O. The van der Waals surface area contributed by atoms with Crippen LogP contribution >= 0.6 is 0 Å². The van der Waals surface area contributed by atoms with Gasteiger partial charge in [0, 0.05) is 18.9 Å². The van der Waals surface area contributed by atoms with Gasteiger partial charge >= 0.3 is 0 Å². The minimum atomic E-state index is 0.146. The van der Waals surface area contributed by atoms with Crippen LogP contribution in [-0.2, 0) is 4.79 Å². The van der Waals surface area contributed by atoms with Crippen molar-refractivity contribution in [3.05, 3.63) is 0 Å². The number of nitrogens with two attached hydrogens (primary N) is 1. The van der Waals surface area contributed by atoms with Crippen molar-refractivity contribution in [3.63, 3.8) is 0 Å². The van der Waals surface area contributed by atoms with Gasteiger partial charge in [-0.2, -0.15) is 0 Å². The molecule has 2 rings (SSSR count). The van der Waals surface area contributed by atoms with Crippen LogP contribution in [0.15, 0.2) is 4.99 Å². The molecule has 1 heterocycles. The van der Waals surface area contributed by atoms with E-state index in [1.807, 2.05) is 0 Å². The summed E-state index contributed by atoms with van der Waals surface area (Å²) in [4.78, 5) is 15.6. The lowest BCUT2D eigenvalue weighted by Crippen LogP contribution is -2.22. The number of amides is 1. The van der Waals surface area contributed by atoms with E-state index in [1.165, 1.54) is 12.8 Å². The highest BCUT2D eigenvalue weighted by atomic mass is 16.1. The van der Waals surface area contributed by atoms with Crippen LogP contribution in [-0.4, -0.2) is 24.3 Å². The smallest absolute Gasteiger partial charge is 0.220 e. The molecule has 1 saturated carbocycles. The maximum atomic E-state index is 11.1. The highest BCUT2D eigenvalue weighted by Crippen LogP contribution is 2.29. The number of hydrogen-bond donors (Lipinski definition) is 2. The van der Waals surface area contributed by atoms with E-state index in [4.69, 9.17) is 5.73 Å². The Bertz CT molecular complexity index is 258. The lowest BCUT2D eigenvalue weighted by Gasteiger charge is -2.08. The van der Waals surface area contributed by atoms with Crippen LogP contribution in [0.3, 0.4) is 0 Å². The summed E-state index contributed by atoms with van der Waals surface area (Å²) in [5, 5.41) is 2.84. The van der Waals surface area contributed by atoms with E-state index >= 15 is 0 Å². The molecule has 0 aromatic rings. The molecular weight excluding hydrogens is 178 g/mol. The summed E-state index contributed by atoms with van der Waals surface area (Å²) in [6.45, 7) is 0.741. The van der Waals surface area contributed by atoms with Gasteiger partial charge < -0.3 is 11.1 Å². The van der Waals surface area contributed by atoms with Gasteiger partial charge in [-0.3, -0.25) is 9.79 Å². The lowest BCUT2D eigenvalue weighted by atomic mass is 10.1. The van der Waals surface area contributed by atoms with Crippen molar-refractivity contribution in [2.75, 3.05) is 6.54 Å². The number of nitrogens with one attached hydrogen (secondary N) is 1. The SMILES string of the molecule is NC(=NC1CCNC(=O)CC1)C1CC1. The molecule has 4 heteroatoms. The Balaban J connectivity index is 1.90. The van der Waals surface area contributed by atoms with Crippen LogP contribution < -0.4 is 11.1 Å². The summed E-state index contributed by atoms with van der Waals surface area (Å²) in [6, 6.07) is 0.259. The zero-order chi connectivity index (χ0) is 9.97. The third-order valence-corrected chi connectivity index (χ3v) is 2.83. The van der Waals surface area contributed by atoms with Crippen molar-refractivity contribution in [1.29, 1.82) is 0 Å². The van der Waals surface area contributed by atoms with Crippen molar-refractivity contribution in [2.45, 2.75) is 38.1 Å². The summed E-state index contributed by atoms with van der Waals surface area (Å²) in [5.41, 5.74) is 5.84. The van der Waals surface area contributed by atoms with Crippen molar-refractivity contribution in [3.8, 4) is 0 Å². The van der Waals surface area contributed by atoms with E-state index < -0.39 is 0 Å². The van der Waals surface area contributed by atoms with Crippen molar-refractivity contribution >= 4 is 11.7 Å². The first-order valence-electron chi connectivity index (χ1n) is 5.35. The fourth-order valence-corrected chi connectivity index (χ4v) is 1.73. The Labute approximate surface area is 84.0 Å². The number of aliphatic imine (C=N–C) groups is 1. The second-order valence-electron chi connectivity index (χ2n) is 4.16. The molecule has 3 N–H and O–H groups in total. The molecule has 0 aromatic carbocycles. The number of rotatable bonds is 2. The maximum absolute atomic E-state index is 11.1. The Kier molecular flexibility index (Phi) is 2.70. The van der Waals surface area contributed by atoms with Crippen LogP contribution in [0.5, 0.6) is 0 Å². The van der Waals surface area contributed by atoms with Gasteiger partial charge in [0.1, 0.15) is 0 Å². The van der Waals surface area contributed by atoms with Crippen molar-refractivity contribution in [2.24, 2.45) is 16.6 Å². The molecule has 1 saturated heterocycles. The molecule has 78 valence electrons. The number of nitrogens with zero attached hydrogens (tertiary/aromatic N) is 1. The first-order valence-corrected chi connectivity index (χ1v) is 5.35. The molecule has 0 bridgehead atoms. The second kappa shape index (κ2) is 3.98. The van der Waals surface area contributed by atoms with Gasteiger partial charge in [-0.05, 0) is 25.7 Å². The van der Waals surface area contributed by atoms with E-state index in [0.29, 0.717) is 12.3 Å². The highest BCUT2D eigenvalue weighted by molar-refractivity contribution is 5.85. The molecule has 0 aromatic heterocycles. The number of carbonyl (C=O) groups excluding carboxylic acids is 1. The summed E-state index contributed by atoms with van der Waals surface area (Å²) in [7, 11) is 0. The monoisotopic (exact) mass is 195 g/mol. The lowest BCUT2D eigenvalue weighted by molar-refractivity contribution is -0.120. The Morgan fingerprint density at radius 3 is 2.86 bits per heavy atom. The van der Waals surface area contributed by atoms with E-state index in [2.05, 4.69) is 10.3 Å². The van der Waals surface area contributed by atoms with E-state index in [9.17, 15) is 4.79 Å². The van der Waals surface area contributed by atoms with E-state index in [-0.39, 0.29) is 11.9 Å². The third kappa shape index (κ3) is 2.47. The van der Waals surface area contributed by atoms with Gasteiger partial charge in [-0.1, -0.05) is 0 Å². The van der Waals surface area contributed by atoms with Gasteiger partial charge in [0.25, 0.3) is 0 Å². The molecule has 1 unspecified atom stereocenters. The van der Waals surface area contributed by atoms with Crippen molar-refractivity contribution in [1.82, 2.24) is 5.32 Å². The first kappa shape index (κ1) is 9.49. The topological polar surface area (TPSA) is 67.5 Å². The summed E-state index contributed by atoms with van der Waals surface area (Å²) >= 11 is 0. The Morgan fingerprint density at radius 1 is 1.36 bits per heavy atom. The predicted octanol–water partition coefficient (Wildman–Crippen LogP) is 0.422.